The Bertz CT molecular complexity index is 419. The zero-order valence-corrected chi connectivity index (χ0v) is 8.24. The summed E-state index contributed by atoms with van der Waals surface area (Å²) in [6.45, 7) is 0. The van der Waals surface area contributed by atoms with Crippen LogP contribution in [0.15, 0.2) is 12.1 Å². The summed E-state index contributed by atoms with van der Waals surface area (Å²) in [5, 5.41) is 26.8. The topological polar surface area (TPSA) is 90.3 Å². The molecule has 6 heteroatoms. The van der Waals surface area contributed by atoms with Gasteiger partial charge in [-0.15, -0.1) is 0 Å². The minimum absolute atomic E-state index is 0.00398. The number of benzene rings is 1. The number of hydrogen-bond acceptors (Lipinski definition) is 4. The number of nitriles is 1. The second-order valence-corrected chi connectivity index (χ2v) is 3.32. The molecule has 0 heterocycles. The van der Waals surface area contributed by atoms with Gasteiger partial charge in [0.25, 0.3) is 0 Å². The highest BCUT2D eigenvalue weighted by Crippen LogP contribution is 2.28. The molecule has 2 atom stereocenters. The minimum Gasteiger partial charge on any atom is -0.396 e. The first-order valence-corrected chi connectivity index (χ1v) is 4.35. The molecule has 1 aromatic rings. The smallest absolute Gasteiger partial charge is 0.170 e. The molecule has 0 bridgehead atoms. The number of aliphatic hydroxyl groups is 2. The molecule has 2 unspecified atom stereocenters. The molecule has 0 fully saturated rings. The molecule has 0 saturated heterocycles. The molecule has 15 heavy (non-hydrogen) atoms. The van der Waals surface area contributed by atoms with E-state index >= 15 is 0 Å². The molecule has 0 aliphatic heterocycles. The minimum atomic E-state index is -1.66. The maximum absolute atomic E-state index is 13.0. The zero-order chi connectivity index (χ0) is 11.6. The Balaban J connectivity index is 3.16. The van der Waals surface area contributed by atoms with Gasteiger partial charge in [0, 0.05) is 10.6 Å². The third-order valence-electron chi connectivity index (χ3n) is 1.87. The maximum Gasteiger partial charge on any atom is 0.170 e. The number of halogens is 2. The molecule has 0 aliphatic rings. The van der Waals surface area contributed by atoms with Crippen LogP contribution in [-0.4, -0.2) is 16.3 Å². The van der Waals surface area contributed by atoms with Crippen molar-refractivity contribution in [3.8, 4) is 6.07 Å². The molecule has 80 valence electrons. The van der Waals surface area contributed by atoms with E-state index < -0.39 is 18.0 Å². The summed E-state index contributed by atoms with van der Waals surface area (Å²) >= 11 is 5.67. The monoisotopic (exact) mass is 230 g/mol. The van der Waals surface area contributed by atoms with Crippen molar-refractivity contribution in [2.75, 3.05) is 5.73 Å². The van der Waals surface area contributed by atoms with Crippen LogP contribution in [0, 0.1) is 17.1 Å². The van der Waals surface area contributed by atoms with Gasteiger partial charge in [-0.25, -0.2) is 4.39 Å². The van der Waals surface area contributed by atoms with Crippen molar-refractivity contribution < 1.29 is 14.6 Å². The first kappa shape index (κ1) is 11.7. The van der Waals surface area contributed by atoms with Crippen LogP contribution in [0.1, 0.15) is 11.7 Å². The number of nitrogen functional groups attached to an aromatic ring is 1. The lowest BCUT2D eigenvalue weighted by Gasteiger charge is -2.14. The number of rotatable bonds is 2. The first-order chi connectivity index (χ1) is 6.97. The Hall–Kier alpha value is -1.35. The lowest BCUT2D eigenvalue weighted by atomic mass is 10.0. The van der Waals surface area contributed by atoms with E-state index in [2.05, 4.69) is 0 Å². The highest BCUT2D eigenvalue weighted by molar-refractivity contribution is 6.31. The molecule has 0 amide bonds. The van der Waals surface area contributed by atoms with E-state index in [1.54, 1.807) is 0 Å². The Labute approximate surface area is 90.3 Å². The quantitative estimate of drug-likeness (QED) is 0.522. The Kier molecular flexibility index (Phi) is 3.48. The molecule has 0 spiro atoms. The Morgan fingerprint density at radius 3 is 2.60 bits per heavy atom. The molecular formula is C9H8ClFN2O2. The van der Waals surface area contributed by atoms with Gasteiger partial charge in [-0.3, -0.25) is 0 Å². The summed E-state index contributed by atoms with van der Waals surface area (Å²) in [6.07, 6.45) is -3.22. The van der Waals surface area contributed by atoms with Crippen molar-refractivity contribution in [2.24, 2.45) is 0 Å². The SMILES string of the molecule is N#CC(O)C(O)c1cc(F)c(N)cc1Cl. The summed E-state index contributed by atoms with van der Waals surface area (Å²) < 4.78 is 13.0. The number of aliphatic hydroxyl groups excluding tert-OH is 2. The van der Waals surface area contributed by atoms with Crippen LogP contribution >= 0.6 is 11.6 Å². The summed E-state index contributed by atoms with van der Waals surface area (Å²) in [4.78, 5) is 0. The van der Waals surface area contributed by atoms with Crippen LogP contribution in [0.2, 0.25) is 5.02 Å². The summed E-state index contributed by atoms with van der Waals surface area (Å²) in [5.74, 6) is -0.765. The number of nitrogens with two attached hydrogens (primary N) is 1. The van der Waals surface area contributed by atoms with E-state index in [4.69, 9.17) is 27.7 Å². The molecular weight excluding hydrogens is 223 g/mol. The largest absolute Gasteiger partial charge is 0.396 e. The first-order valence-electron chi connectivity index (χ1n) is 3.97. The normalized spacial score (nSPS) is 14.3. The standard InChI is InChI=1S/C9H8ClFN2O2/c10-5-2-7(13)6(11)1-4(5)9(15)8(14)3-12/h1-2,8-9,14-15H,13H2. The van der Waals surface area contributed by atoms with E-state index in [0.29, 0.717) is 0 Å². The third-order valence-corrected chi connectivity index (χ3v) is 2.19. The molecule has 0 aliphatic carbocycles. The molecule has 0 saturated carbocycles. The van der Waals surface area contributed by atoms with Gasteiger partial charge in [0.2, 0.25) is 0 Å². The fourth-order valence-electron chi connectivity index (χ4n) is 1.04. The third kappa shape index (κ3) is 2.36. The van der Waals surface area contributed by atoms with Gasteiger partial charge >= 0.3 is 0 Å². The fourth-order valence-corrected chi connectivity index (χ4v) is 1.33. The maximum atomic E-state index is 13.0. The van der Waals surface area contributed by atoms with Gasteiger partial charge < -0.3 is 15.9 Å². The van der Waals surface area contributed by atoms with Crippen molar-refractivity contribution >= 4 is 17.3 Å². The van der Waals surface area contributed by atoms with Crippen LogP contribution in [0.4, 0.5) is 10.1 Å². The van der Waals surface area contributed by atoms with Crippen molar-refractivity contribution in [3.63, 3.8) is 0 Å². The Morgan fingerprint density at radius 1 is 1.47 bits per heavy atom. The molecule has 1 aromatic carbocycles. The van der Waals surface area contributed by atoms with Crippen LogP contribution in [0.5, 0.6) is 0 Å². The number of nitrogens with zero attached hydrogens (tertiary/aromatic N) is 1. The van der Waals surface area contributed by atoms with E-state index in [1.807, 2.05) is 0 Å². The fraction of sp³-hybridized carbons (Fsp3) is 0.222. The predicted octanol–water partition coefficient (Wildman–Crippen LogP) is 0.979. The van der Waals surface area contributed by atoms with Crippen LogP contribution in [0.25, 0.3) is 0 Å². The Morgan fingerprint density at radius 2 is 2.07 bits per heavy atom. The zero-order valence-electron chi connectivity index (χ0n) is 7.48. The van der Waals surface area contributed by atoms with Crippen LogP contribution < -0.4 is 5.73 Å². The van der Waals surface area contributed by atoms with Crippen LogP contribution in [0.3, 0.4) is 0 Å². The van der Waals surface area contributed by atoms with E-state index in [1.165, 1.54) is 6.07 Å². The molecule has 4 N–H and O–H groups in total. The number of hydrogen-bond donors (Lipinski definition) is 3. The van der Waals surface area contributed by atoms with Crippen molar-refractivity contribution in [1.29, 1.82) is 5.26 Å². The molecule has 0 aromatic heterocycles. The lowest BCUT2D eigenvalue weighted by Crippen LogP contribution is -2.16. The second kappa shape index (κ2) is 4.45. The predicted molar refractivity (Wildman–Crippen MR) is 52.4 cm³/mol. The van der Waals surface area contributed by atoms with Crippen molar-refractivity contribution in [2.45, 2.75) is 12.2 Å². The van der Waals surface area contributed by atoms with Gasteiger partial charge in [0.1, 0.15) is 11.9 Å². The summed E-state index contributed by atoms with van der Waals surface area (Å²) in [7, 11) is 0. The molecule has 4 nitrogen and oxygen atoms in total. The van der Waals surface area contributed by atoms with E-state index in [0.717, 1.165) is 12.1 Å². The highest BCUT2D eigenvalue weighted by atomic mass is 35.5. The summed E-state index contributed by atoms with van der Waals surface area (Å²) in [6, 6.07) is 3.42. The van der Waals surface area contributed by atoms with Gasteiger partial charge in [-0.1, -0.05) is 11.6 Å². The van der Waals surface area contributed by atoms with Crippen LogP contribution in [-0.2, 0) is 0 Å². The summed E-state index contributed by atoms with van der Waals surface area (Å²) in [5.41, 5.74) is 4.99. The van der Waals surface area contributed by atoms with Crippen molar-refractivity contribution in [3.05, 3.63) is 28.5 Å². The van der Waals surface area contributed by atoms with Gasteiger partial charge in [-0.05, 0) is 12.1 Å². The van der Waals surface area contributed by atoms with Gasteiger partial charge in [0.15, 0.2) is 6.10 Å². The molecule has 0 radical (unpaired) electrons. The highest BCUT2D eigenvalue weighted by Gasteiger charge is 2.21. The van der Waals surface area contributed by atoms with Gasteiger partial charge in [-0.2, -0.15) is 5.26 Å². The average Bonchev–Trinajstić information content (AvgIpc) is 2.21. The van der Waals surface area contributed by atoms with E-state index in [9.17, 15) is 9.50 Å². The van der Waals surface area contributed by atoms with E-state index in [-0.39, 0.29) is 16.3 Å². The van der Waals surface area contributed by atoms with Gasteiger partial charge in [0.05, 0.1) is 11.8 Å². The molecule has 1 rings (SSSR count). The van der Waals surface area contributed by atoms with Crippen molar-refractivity contribution in [1.82, 2.24) is 0 Å². The lowest BCUT2D eigenvalue weighted by molar-refractivity contribution is 0.0527. The average molecular weight is 231 g/mol. The second-order valence-electron chi connectivity index (χ2n) is 2.91. The number of anilines is 1.